The molecular formula is C76H111BCl6N6Na2O26S3. The number of esters is 2. The van der Waals surface area contributed by atoms with Crippen LogP contribution in [0.2, 0.25) is 30.1 Å². The number of aliphatic hydroxyl groups is 5. The predicted molar refractivity (Wildman–Crippen MR) is 462 cm³/mol. The number of carboxylic acids is 1. The van der Waals surface area contributed by atoms with Gasteiger partial charge in [0.1, 0.15) is 68.6 Å². The van der Waals surface area contributed by atoms with Crippen LogP contribution in [0.15, 0.2) is 127 Å². The first-order chi connectivity index (χ1) is 54.6. The molecule has 2 radical (unpaired) electrons. The van der Waals surface area contributed by atoms with E-state index < -0.39 is 54.4 Å². The second-order valence-corrected chi connectivity index (χ2v) is 32.3. The molecular weight excluding hydrogens is 1780 g/mol. The summed E-state index contributed by atoms with van der Waals surface area (Å²) in [6.07, 6.45) is 5.94. The molecule has 6 rings (SSSR count). The van der Waals surface area contributed by atoms with Crippen LogP contribution in [0.5, 0.6) is 17.2 Å². The number of halogens is 6. The van der Waals surface area contributed by atoms with Crippen LogP contribution < -0.4 is 97.9 Å². The maximum atomic E-state index is 11.7. The summed E-state index contributed by atoms with van der Waals surface area (Å²) in [6.45, 7) is 11.7. The number of aldehydes is 1. The summed E-state index contributed by atoms with van der Waals surface area (Å²) < 4.78 is 101. The fraction of sp³-hybridized carbons (Fsp3) is 0.447. The Labute approximate surface area is 779 Å². The molecule has 3 atom stereocenters. The molecule has 0 aliphatic rings. The van der Waals surface area contributed by atoms with Crippen molar-refractivity contribution in [3.05, 3.63) is 174 Å². The molecule has 666 valence electrons. The number of ether oxygens (including phenoxy) is 5. The SMILES string of the molecule is CC(=O)O.CC(=O)[B-]C(C)=O.CCCC(=O)OCC=O.CCCC(=O)OCCN(CCc1ccc(Cl)c(Cl)c1)C[C@H](O)COc1ccc(NS(C)(=O)=O)cc1.CO.CS(=O)(=O)Nc1ccc(OC[C@@H](O)CN(CCO)CCc2ccc(Cl)c(Cl)c2)cc1.CS(=O)(=O)Nc1ccc(OC[C@@H](O)CNCCc2ccc(Cl)c(Cl)c2)cc1.C[O-].O.O.[Na+].[Na+]. The quantitative estimate of drug-likeness (QED) is 0.0110. The van der Waals surface area contributed by atoms with Gasteiger partial charge in [-0.3, -0.25) is 43.1 Å². The Kier molecular flexibility index (Phi) is 76.4. The van der Waals surface area contributed by atoms with E-state index in [4.69, 9.17) is 109 Å². The van der Waals surface area contributed by atoms with E-state index in [1.54, 1.807) is 91.0 Å². The molecule has 0 aliphatic carbocycles. The van der Waals surface area contributed by atoms with Crippen molar-refractivity contribution in [2.24, 2.45) is 0 Å². The standard InChI is InChI=1S/C24H32Cl2N2O6S.C20H26Cl2N2O5S.C18H22Cl2N2O4S.C6H10O3.C4H6BO2.C2H4O2.CH4O.CH3O.2Na.2H2O/c1-3-4-24(30)33-14-13-28(12-11-18-5-10-22(25)23(26)15-18)16-20(29)17-34-21-8-6-19(7-9-21)27-35(2,31)32;1-30(27,28)23-16-3-5-18(6-4-16)29-14-17(26)13-24(10-11-25)9-8-15-2-7-19(21)20(22)12-15;1-27(24,25)22-14-3-5-16(6-4-14)26-12-15(23)11-21-9-8-13-2-7-17(19)18(20)10-13;1-2-3-6(8)9-5-4-7;1-3(6)5-4(2)7;1-2(3)4;2*1-2;;;;/h5-10,15,20,27,29H,3-4,11-14,16-17H2,1-2H3;2-7,12,17,23,25-26H,8-11,13-14H2,1H3;2-7,10,15,21-23H,8-9,11-12H2,1H3;4H,2-3,5H2,1H3;1-2H3;1H3,(H,3,4);2H,1H3;1H3;;;2*1H2/q;;;;-1;;;-1;2*+1;;/t20-;17-;15-;;;;;;;;;/m000........./s1. The summed E-state index contributed by atoms with van der Waals surface area (Å²) >= 11 is 35.9. The summed E-state index contributed by atoms with van der Waals surface area (Å²) in [5, 5.41) is 69.0. The van der Waals surface area contributed by atoms with Gasteiger partial charge in [0.15, 0.2) is 6.29 Å². The van der Waals surface area contributed by atoms with Crippen molar-refractivity contribution in [3.8, 4) is 17.2 Å². The predicted octanol–water partition coefficient (Wildman–Crippen LogP) is 0.918. The maximum absolute atomic E-state index is 11.7. The van der Waals surface area contributed by atoms with Crippen LogP contribution >= 0.6 is 69.6 Å². The number of aliphatic hydroxyl groups excluding tert-OH is 5. The van der Waals surface area contributed by atoms with Gasteiger partial charge in [-0.2, -0.15) is 14.4 Å². The zero-order valence-corrected chi connectivity index (χ0v) is 80.3. The van der Waals surface area contributed by atoms with E-state index in [2.05, 4.69) is 24.2 Å². The normalized spacial score (nSPS) is 11.1. The second kappa shape index (κ2) is 73.0. The Morgan fingerprint density at radius 3 is 1.08 bits per heavy atom. The monoisotopic (exact) mass is 1890 g/mol. The molecule has 0 saturated heterocycles. The topological polar surface area (TPSA) is 513 Å². The van der Waals surface area contributed by atoms with Crippen molar-refractivity contribution in [3.63, 3.8) is 0 Å². The molecule has 6 aromatic rings. The molecule has 44 heteroatoms. The Hall–Kier alpha value is -5.25. The summed E-state index contributed by atoms with van der Waals surface area (Å²) in [6, 6.07) is 35.7. The molecule has 0 aliphatic heterocycles. The van der Waals surface area contributed by atoms with Crippen LogP contribution in [0.3, 0.4) is 0 Å². The minimum Gasteiger partial charge on any atom is -0.857 e. The van der Waals surface area contributed by atoms with Crippen molar-refractivity contribution in [2.45, 2.75) is 97.9 Å². The van der Waals surface area contributed by atoms with E-state index in [1.807, 2.05) is 60.0 Å². The van der Waals surface area contributed by atoms with Crippen molar-refractivity contribution in [2.75, 3.05) is 139 Å². The molecule has 14 N–H and O–H groups in total. The van der Waals surface area contributed by atoms with Gasteiger partial charge in [0.25, 0.3) is 5.97 Å². The van der Waals surface area contributed by atoms with Gasteiger partial charge in [0, 0.05) is 89.8 Å². The summed E-state index contributed by atoms with van der Waals surface area (Å²) in [5.41, 5.74) is 4.01. The number of carboxylic acid groups (broad SMARTS) is 1. The number of hydrogen-bond acceptors (Lipinski definition) is 26. The van der Waals surface area contributed by atoms with Gasteiger partial charge in [0.05, 0.1) is 55.5 Å². The third kappa shape index (κ3) is 70.1. The van der Waals surface area contributed by atoms with Gasteiger partial charge < -0.3 is 85.3 Å². The van der Waals surface area contributed by atoms with E-state index in [0.717, 1.165) is 83.1 Å². The molecule has 0 bridgehead atoms. The fourth-order valence-electron chi connectivity index (χ4n) is 8.98. The first-order valence-corrected chi connectivity index (χ1v) is 43.5. The Morgan fingerprint density at radius 1 is 0.492 bits per heavy atom. The Bertz CT molecular complexity index is 4160. The van der Waals surface area contributed by atoms with Crippen LogP contribution in [0, 0.1) is 0 Å². The number of rotatable bonds is 43. The van der Waals surface area contributed by atoms with E-state index in [-0.39, 0.29) is 133 Å². The minimum absolute atomic E-state index is 0. The molecule has 0 aromatic heterocycles. The molecule has 120 heavy (non-hydrogen) atoms. The van der Waals surface area contributed by atoms with Crippen LogP contribution in [-0.4, -0.2) is 263 Å². The van der Waals surface area contributed by atoms with Gasteiger partial charge >= 0.3 is 71.1 Å². The van der Waals surface area contributed by atoms with Crippen LogP contribution in [-0.2, 0) is 87.6 Å². The van der Waals surface area contributed by atoms with Gasteiger partial charge in [-0.15, -0.1) is 0 Å². The van der Waals surface area contributed by atoms with Crippen molar-refractivity contribution >= 4 is 160 Å². The first kappa shape index (κ1) is 126. The van der Waals surface area contributed by atoms with Gasteiger partial charge in [-0.05, 0) is 165 Å². The number of hydrogen-bond donors (Lipinski definition) is 10. The number of aliphatic carboxylic acids is 1. The van der Waals surface area contributed by atoms with Gasteiger partial charge in [-0.1, -0.05) is 127 Å². The smallest absolute Gasteiger partial charge is 0.857 e. The van der Waals surface area contributed by atoms with Gasteiger partial charge in [-0.25, -0.2) is 25.3 Å². The zero-order chi connectivity index (χ0) is 88.4. The maximum Gasteiger partial charge on any atom is 1.00 e. The molecule has 0 saturated carbocycles. The number of sulfonamides is 3. The summed E-state index contributed by atoms with van der Waals surface area (Å²) in [4.78, 5) is 64.6. The second-order valence-electron chi connectivity index (χ2n) is 24.6. The van der Waals surface area contributed by atoms with Gasteiger partial charge in [0.2, 0.25) is 30.1 Å². The van der Waals surface area contributed by atoms with E-state index >= 15 is 0 Å². The molecule has 0 unspecified atom stereocenters. The van der Waals surface area contributed by atoms with Crippen LogP contribution in [0.4, 0.5) is 17.1 Å². The number of carbonyl (C=O) groups excluding carboxylic acids is 5. The molecule has 0 amide bonds. The van der Waals surface area contributed by atoms with Crippen LogP contribution in [0.25, 0.3) is 0 Å². The molecule has 32 nitrogen and oxygen atoms in total. The summed E-state index contributed by atoms with van der Waals surface area (Å²) in [5.74, 6) is 0.180. The van der Waals surface area contributed by atoms with Crippen molar-refractivity contribution < 1.29 is 184 Å². The first-order valence-electron chi connectivity index (χ1n) is 35.5. The Balaban J connectivity index is -0.000000353. The third-order valence-corrected chi connectivity index (χ3v) is 17.8. The number of nitrogens with zero attached hydrogens (tertiary/aromatic N) is 2. The van der Waals surface area contributed by atoms with Crippen molar-refractivity contribution in [1.29, 1.82) is 0 Å². The number of anilines is 3. The van der Waals surface area contributed by atoms with Crippen molar-refractivity contribution in [1.82, 2.24) is 15.1 Å². The fourth-order valence-corrected chi connectivity index (χ4v) is 11.6. The third-order valence-electron chi connectivity index (χ3n) is 13.8. The molecule has 0 spiro atoms. The average Bonchev–Trinajstić information content (AvgIpc) is 0.907. The molecule has 0 fully saturated rings. The largest absolute Gasteiger partial charge is 1.00 e. The number of carbonyl (C=O) groups is 6. The number of nitrogens with one attached hydrogen (secondary N) is 4. The molecule has 6 aromatic carbocycles. The summed E-state index contributed by atoms with van der Waals surface area (Å²) in [7, 11) is -7.19. The Morgan fingerprint density at radius 2 is 0.800 bits per heavy atom. The number of benzene rings is 6. The average molecular weight is 1890 g/mol. The van der Waals surface area contributed by atoms with E-state index in [9.17, 15) is 69.7 Å². The van der Waals surface area contributed by atoms with E-state index in [0.29, 0.717) is 149 Å². The van der Waals surface area contributed by atoms with Crippen LogP contribution in [0.1, 0.15) is 77.0 Å². The molecule has 0 heterocycles. The minimum atomic E-state index is -3.36. The zero-order valence-electron chi connectivity index (χ0n) is 69.3. The van der Waals surface area contributed by atoms with E-state index in [1.165, 1.54) is 13.8 Å².